The zero-order chi connectivity index (χ0) is 37.0. The first-order chi connectivity index (χ1) is 24.3. The lowest BCUT2D eigenvalue weighted by Gasteiger charge is -2.36. The van der Waals surface area contributed by atoms with Gasteiger partial charge in [-0.1, -0.05) is 23.7 Å². The summed E-state index contributed by atoms with van der Waals surface area (Å²) in [5.74, 6) is -0.882. The Balaban J connectivity index is 1.23. The Morgan fingerprint density at radius 1 is 1.14 bits per heavy atom. The lowest BCUT2D eigenvalue weighted by Crippen LogP contribution is -2.52. The molecule has 3 N–H and O–H groups in total. The van der Waals surface area contributed by atoms with Crippen LogP contribution in [0, 0.1) is 18.7 Å². The van der Waals surface area contributed by atoms with E-state index in [1.165, 1.54) is 18.5 Å². The Bertz CT molecular complexity index is 1880. The third-order valence-electron chi connectivity index (χ3n) is 9.83. The number of rotatable bonds is 10. The van der Waals surface area contributed by atoms with E-state index in [9.17, 15) is 14.4 Å². The van der Waals surface area contributed by atoms with Gasteiger partial charge in [0.2, 0.25) is 5.91 Å². The van der Waals surface area contributed by atoms with Crippen molar-refractivity contribution in [2.45, 2.75) is 20.3 Å². The number of methoxy groups -OCH3 is 1. The van der Waals surface area contributed by atoms with Crippen LogP contribution in [0.1, 0.15) is 45.4 Å². The van der Waals surface area contributed by atoms with Gasteiger partial charge in [-0.05, 0) is 37.6 Å². The highest BCUT2D eigenvalue weighted by molar-refractivity contribution is 6.34. The van der Waals surface area contributed by atoms with Crippen LogP contribution in [0.2, 0.25) is 5.02 Å². The number of piperazine rings is 1. The molecule has 2 fully saturated rings. The van der Waals surface area contributed by atoms with Crippen molar-refractivity contribution in [1.29, 1.82) is 0 Å². The highest BCUT2D eigenvalue weighted by atomic mass is 35.5. The van der Waals surface area contributed by atoms with Crippen molar-refractivity contribution in [3.63, 3.8) is 0 Å². The summed E-state index contributed by atoms with van der Waals surface area (Å²) in [5, 5.41) is 2.99. The number of carbonyl (C=O) groups is 3. The minimum Gasteiger partial charge on any atom is -0.404 e. The number of aromatic nitrogens is 2. The summed E-state index contributed by atoms with van der Waals surface area (Å²) >= 11 is 6.56. The largest absolute Gasteiger partial charge is 0.404 e. The molecule has 0 bridgehead atoms. The van der Waals surface area contributed by atoms with Crippen molar-refractivity contribution >= 4 is 46.3 Å². The molecule has 1 aromatic heterocycles. The topological polar surface area (TPSA) is 135 Å². The molecule has 0 saturated carbocycles. The molecule has 5 rings (SSSR count). The molecule has 272 valence electrons. The molecule has 1 unspecified atom stereocenters. The van der Waals surface area contributed by atoms with Crippen LogP contribution in [0.5, 0.6) is 0 Å². The number of anilines is 1. The summed E-state index contributed by atoms with van der Waals surface area (Å²) in [7, 11) is 7.55. The maximum absolute atomic E-state index is 15.8. The predicted octanol–water partition coefficient (Wildman–Crippen LogP) is 4.23. The minimum atomic E-state index is -0.505. The Kier molecular flexibility index (Phi) is 11.6. The maximum atomic E-state index is 15.8. The summed E-state index contributed by atoms with van der Waals surface area (Å²) in [6.07, 6.45) is 3.74. The first kappa shape index (κ1) is 37.7. The number of aliphatic imine (C=N–C) groups is 1. The molecule has 0 aliphatic carbocycles. The first-order valence-corrected chi connectivity index (χ1v) is 17.4. The Labute approximate surface area is 303 Å². The zero-order valence-electron chi connectivity index (χ0n) is 30.1. The molecule has 0 spiro atoms. The van der Waals surface area contributed by atoms with Crippen molar-refractivity contribution in [3.8, 4) is 11.3 Å². The zero-order valence-corrected chi connectivity index (χ0v) is 30.9. The molecule has 2 saturated heterocycles. The fourth-order valence-electron chi connectivity index (χ4n) is 6.83. The van der Waals surface area contributed by atoms with Gasteiger partial charge < -0.3 is 34.6 Å². The number of nitrogens with two attached hydrogens (primary N) is 1. The van der Waals surface area contributed by atoms with Gasteiger partial charge in [0.1, 0.15) is 5.82 Å². The molecule has 51 heavy (non-hydrogen) atoms. The average molecular weight is 722 g/mol. The van der Waals surface area contributed by atoms with Gasteiger partial charge in [0, 0.05) is 81.1 Å². The van der Waals surface area contributed by atoms with Gasteiger partial charge in [-0.2, -0.15) is 0 Å². The van der Waals surface area contributed by atoms with Crippen molar-refractivity contribution in [3.05, 3.63) is 76.1 Å². The van der Waals surface area contributed by atoms with Crippen LogP contribution >= 0.6 is 11.6 Å². The second-order valence-corrected chi connectivity index (χ2v) is 14.2. The van der Waals surface area contributed by atoms with E-state index in [-0.39, 0.29) is 28.6 Å². The second kappa shape index (κ2) is 15.7. The van der Waals surface area contributed by atoms with Gasteiger partial charge >= 0.3 is 0 Å². The van der Waals surface area contributed by atoms with Crippen molar-refractivity contribution in [2.24, 2.45) is 23.7 Å². The lowest BCUT2D eigenvalue weighted by atomic mass is 9.95. The van der Waals surface area contributed by atoms with Crippen LogP contribution in [-0.2, 0) is 16.6 Å². The molecule has 14 heteroatoms. The number of amides is 3. The number of nitrogens with zero attached hydrogens (tertiary/aromatic N) is 6. The Morgan fingerprint density at radius 3 is 2.45 bits per heavy atom. The highest BCUT2D eigenvalue weighted by Crippen LogP contribution is 2.31. The second-order valence-electron chi connectivity index (χ2n) is 13.8. The number of halogens is 2. The molecule has 2 aliphatic rings. The van der Waals surface area contributed by atoms with Gasteiger partial charge in [-0.3, -0.25) is 19.4 Å². The smallest absolute Gasteiger partial charge is 0.291 e. The van der Waals surface area contributed by atoms with E-state index in [0.29, 0.717) is 84.3 Å². The van der Waals surface area contributed by atoms with Crippen molar-refractivity contribution in [1.82, 2.24) is 19.4 Å². The summed E-state index contributed by atoms with van der Waals surface area (Å²) in [5.41, 5.74) is 9.42. The summed E-state index contributed by atoms with van der Waals surface area (Å²) in [6.45, 7) is 7.93. The van der Waals surface area contributed by atoms with Crippen LogP contribution in [0.3, 0.4) is 0 Å². The van der Waals surface area contributed by atoms with E-state index in [4.69, 9.17) is 22.1 Å². The third-order valence-corrected chi connectivity index (χ3v) is 10.1. The van der Waals surface area contributed by atoms with Crippen LogP contribution in [0.25, 0.3) is 16.8 Å². The quantitative estimate of drug-likeness (QED) is 0.183. The Morgan fingerprint density at radius 2 is 1.82 bits per heavy atom. The lowest BCUT2D eigenvalue weighted by molar-refractivity contribution is -0.878. The van der Waals surface area contributed by atoms with Crippen molar-refractivity contribution < 1.29 is 28.0 Å². The number of nitrogens with one attached hydrogen (secondary N) is 1. The highest BCUT2D eigenvalue weighted by Gasteiger charge is 2.38. The maximum Gasteiger partial charge on any atom is 0.291 e. The number of likely N-dealkylation sites (tertiary alicyclic amines) is 1. The Hall–Kier alpha value is -4.59. The van der Waals surface area contributed by atoms with Gasteiger partial charge in [0.05, 0.1) is 68.7 Å². The fourth-order valence-corrected chi connectivity index (χ4v) is 7.10. The number of ether oxygens (including phenoxy) is 1. The van der Waals surface area contributed by atoms with E-state index in [1.54, 1.807) is 61.7 Å². The number of hydrogen-bond acceptors (Lipinski definition) is 7. The normalized spacial score (nSPS) is 17.9. The predicted molar refractivity (Wildman–Crippen MR) is 197 cm³/mol. The molecule has 3 heterocycles. The molecule has 2 aliphatic heterocycles. The van der Waals surface area contributed by atoms with Gasteiger partial charge in [0.15, 0.2) is 5.82 Å². The van der Waals surface area contributed by atoms with E-state index < -0.39 is 11.7 Å². The number of carbonyl (C=O) groups excluding carboxylic acids is 3. The average Bonchev–Trinajstić information content (AvgIpc) is 3.67. The summed E-state index contributed by atoms with van der Waals surface area (Å²) in [4.78, 5) is 52.1. The number of hydrogen-bond donors (Lipinski definition) is 2. The van der Waals surface area contributed by atoms with E-state index in [1.807, 2.05) is 4.90 Å². The van der Waals surface area contributed by atoms with E-state index >= 15 is 4.39 Å². The van der Waals surface area contributed by atoms with Gasteiger partial charge in [-0.25, -0.2) is 9.37 Å². The van der Waals surface area contributed by atoms with Crippen LogP contribution in [0.4, 0.5) is 10.1 Å². The number of imidazole rings is 1. The first-order valence-electron chi connectivity index (χ1n) is 17.0. The molecule has 0 radical (unpaired) electrons. The van der Waals surface area contributed by atoms with Gasteiger partial charge in [0.25, 0.3) is 11.8 Å². The summed E-state index contributed by atoms with van der Waals surface area (Å²) < 4.78 is 23.2. The standard InChI is InChI=1S/C37H46ClFN8O4/c1-23-27(9-10-28(33(23)39)30(20-40)24(2)41-12-18-51-6)32-21-42-34(44(32)3)35(48)43-26-7-8-29(31(38)19-26)37(50)46-15-13-45(14-16-46)36(49)25-11-17-47(4,5)22-25/h7-10,19-21,25H,11-18,22H2,1-6H3,(H2-,40,41,43,48,50)/p+1. The SMILES string of the molecule is COCCN=C(C)/C(=C\N)c1ccc(-c2cnc(C(=O)Nc3ccc(C(=O)N4CCN(C(=O)C5CC[N+](C)(C)C5)CC4)c(Cl)c3)n2C)c(C)c1F. The molecule has 2 aromatic carbocycles. The molecule has 3 amide bonds. The molecular formula is C37H47ClFN8O4+. The van der Waals surface area contributed by atoms with Crippen molar-refractivity contribution in [2.75, 3.05) is 78.9 Å². The van der Waals surface area contributed by atoms with E-state index in [2.05, 4.69) is 29.4 Å². The molecular weight excluding hydrogens is 675 g/mol. The van der Waals surface area contributed by atoms with Gasteiger partial charge in [-0.15, -0.1) is 0 Å². The van der Waals surface area contributed by atoms with Crippen LogP contribution in [0.15, 0.2) is 47.7 Å². The number of quaternary nitrogens is 1. The monoisotopic (exact) mass is 721 g/mol. The minimum absolute atomic E-state index is 0.0323. The third kappa shape index (κ3) is 8.16. The number of benzene rings is 2. The van der Waals surface area contributed by atoms with Crippen LogP contribution < -0.4 is 11.1 Å². The molecule has 3 aromatic rings. The van der Waals surface area contributed by atoms with E-state index in [0.717, 1.165) is 24.0 Å². The molecule has 1 atom stereocenters. The van der Waals surface area contributed by atoms with Crippen LogP contribution in [-0.4, -0.2) is 121 Å². The summed E-state index contributed by atoms with van der Waals surface area (Å²) in [6, 6.07) is 8.13. The molecule has 12 nitrogen and oxygen atoms in total. The fraction of sp³-hybridized carbons (Fsp3) is 0.432. The number of allylic oxidation sites excluding steroid dienone is 1.